The summed E-state index contributed by atoms with van der Waals surface area (Å²) in [6, 6.07) is 14.2. The van der Waals surface area contributed by atoms with Gasteiger partial charge in [-0.2, -0.15) is 0 Å². The molecule has 0 fully saturated rings. The van der Waals surface area contributed by atoms with Crippen LogP contribution in [0.3, 0.4) is 0 Å². The second-order valence-electron chi connectivity index (χ2n) is 4.79. The molecule has 0 aliphatic heterocycles. The molecule has 3 rings (SSSR count). The molecular formula is C16H13BrCl2N2. The summed E-state index contributed by atoms with van der Waals surface area (Å²) < 4.78 is 3.26. The lowest BCUT2D eigenvalue weighted by atomic mass is 10.2. The average molecular weight is 384 g/mol. The summed E-state index contributed by atoms with van der Waals surface area (Å²) in [6.45, 7) is 0.760. The molecule has 0 saturated heterocycles. The van der Waals surface area contributed by atoms with Crippen molar-refractivity contribution in [2.24, 2.45) is 0 Å². The number of hydrogen-bond acceptors (Lipinski definition) is 1. The summed E-state index contributed by atoms with van der Waals surface area (Å²) in [5.74, 6) is 1.51. The maximum atomic E-state index is 6.25. The summed E-state index contributed by atoms with van der Waals surface area (Å²) >= 11 is 15.6. The van der Waals surface area contributed by atoms with Gasteiger partial charge in [-0.25, -0.2) is 4.98 Å². The van der Waals surface area contributed by atoms with E-state index in [1.807, 2.05) is 30.3 Å². The number of aromatic nitrogens is 2. The highest BCUT2D eigenvalue weighted by Crippen LogP contribution is 2.25. The third-order valence-electron chi connectivity index (χ3n) is 3.38. The van der Waals surface area contributed by atoms with Crippen molar-refractivity contribution in [3.05, 3.63) is 63.3 Å². The fraction of sp³-hybridized carbons (Fsp3) is 0.188. The summed E-state index contributed by atoms with van der Waals surface area (Å²) in [4.78, 5) is 4.65. The Labute approximate surface area is 141 Å². The van der Waals surface area contributed by atoms with Gasteiger partial charge in [-0.3, -0.25) is 0 Å². The standard InChI is InChI=1S/C16H13BrCl2N2/c17-12-6-4-11(5-7-12)10-21-14-3-1-2-13(19)16(14)20-15(21)8-9-18/h1-7H,8-10H2. The van der Waals surface area contributed by atoms with Gasteiger partial charge in [0.2, 0.25) is 0 Å². The molecule has 1 heterocycles. The van der Waals surface area contributed by atoms with Crippen molar-refractivity contribution in [1.82, 2.24) is 9.55 Å². The molecule has 0 aliphatic rings. The smallest absolute Gasteiger partial charge is 0.111 e. The molecule has 0 N–H and O–H groups in total. The minimum atomic E-state index is 0.543. The van der Waals surface area contributed by atoms with Crippen LogP contribution < -0.4 is 0 Å². The van der Waals surface area contributed by atoms with E-state index in [1.54, 1.807) is 0 Å². The van der Waals surface area contributed by atoms with Gasteiger partial charge in [0.15, 0.2) is 0 Å². The molecule has 0 radical (unpaired) electrons. The molecule has 21 heavy (non-hydrogen) atoms. The van der Waals surface area contributed by atoms with Gasteiger partial charge in [0, 0.05) is 23.3 Å². The maximum Gasteiger partial charge on any atom is 0.111 e. The van der Waals surface area contributed by atoms with E-state index in [9.17, 15) is 0 Å². The predicted molar refractivity (Wildman–Crippen MR) is 92.4 cm³/mol. The van der Waals surface area contributed by atoms with Crippen LogP contribution in [-0.2, 0) is 13.0 Å². The maximum absolute atomic E-state index is 6.25. The summed E-state index contributed by atoms with van der Waals surface area (Å²) in [7, 11) is 0. The Bertz CT molecular complexity index is 766. The monoisotopic (exact) mass is 382 g/mol. The summed E-state index contributed by atoms with van der Waals surface area (Å²) in [5.41, 5.74) is 3.11. The molecule has 0 atom stereocenters. The normalized spacial score (nSPS) is 11.2. The van der Waals surface area contributed by atoms with E-state index in [-0.39, 0.29) is 0 Å². The molecule has 0 saturated carbocycles. The Hall–Kier alpha value is -1.03. The molecule has 0 bridgehead atoms. The fourth-order valence-electron chi connectivity index (χ4n) is 2.39. The first-order chi connectivity index (χ1) is 10.2. The third kappa shape index (κ3) is 3.10. The number of hydrogen-bond donors (Lipinski definition) is 0. The topological polar surface area (TPSA) is 17.8 Å². The van der Waals surface area contributed by atoms with Gasteiger partial charge < -0.3 is 4.57 Å². The van der Waals surface area contributed by atoms with Gasteiger partial charge in [-0.15, -0.1) is 11.6 Å². The Morgan fingerprint density at radius 3 is 2.57 bits per heavy atom. The van der Waals surface area contributed by atoms with Crippen molar-refractivity contribution in [3.8, 4) is 0 Å². The highest BCUT2D eigenvalue weighted by molar-refractivity contribution is 9.10. The van der Waals surface area contributed by atoms with Gasteiger partial charge >= 0.3 is 0 Å². The molecule has 0 amide bonds. The van der Waals surface area contributed by atoms with Crippen LogP contribution in [0.1, 0.15) is 11.4 Å². The first-order valence-corrected chi connectivity index (χ1v) is 8.33. The highest BCUT2D eigenvalue weighted by Gasteiger charge is 2.12. The molecule has 2 nitrogen and oxygen atoms in total. The van der Waals surface area contributed by atoms with Crippen LogP contribution in [-0.4, -0.2) is 15.4 Å². The summed E-state index contributed by atoms with van der Waals surface area (Å²) in [5, 5.41) is 0.679. The third-order valence-corrected chi connectivity index (χ3v) is 4.40. The van der Waals surface area contributed by atoms with E-state index < -0.39 is 0 Å². The van der Waals surface area contributed by atoms with Crippen LogP contribution in [0.5, 0.6) is 0 Å². The lowest BCUT2D eigenvalue weighted by Gasteiger charge is -2.09. The van der Waals surface area contributed by atoms with Gasteiger partial charge in [-0.05, 0) is 29.8 Å². The molecule has 108 valence electrons. The van der Waals surface area contributed by atoms with Crippen molar-refractivity contribution in [2.45, 2.75) is 13.0 Å². The number of halogens is 3. The van der Waals surface area contributed by atoms with Gasteiger partial charge in [0.05, 0.1) is 10.5 Å². The van der Waals surface area contributed by atoms with E-state index in [0.29, 0.717) is 10.9 Å². The van der Waals surface area contributed by atoms with E-state index in [1.165, 1.54) is 5.56 Å². The zero-order valence-corrected chi connectivity index (χ0v) is 14.3. The van der Waals surface area contributed by atoms with Gasteiger partial charge in [-0.1, -0.05) is 45.7 Å². The molecule has 1 aromatic heterocycles. The molecule has 0 aliphatic carbocycles. The van der Waals surface area contributed by atoms with E-state index in [4.69, 9.17) is 23.2 Å². The Morgan fingerprint density at radius 1 is 1.10 bits per heavy atom. The molecule has 2 aromatic carbocycles. The van der Waals surface area contributed by atoms with Crippen LogP contribution in [0.2, 0.25) is 5.02 Å². The molecular weight excluding hydrogens is 371 g/mol. The van der Waals surface area contributed by atoms with Crippen molar-refractivity contribution < 1.29 is 0 Å². The van der Waals surface area contributed by atoms with E-state index in [2.05, 4.69) is 37.6 Å². The number of imidazole rings is 1. The molecule has 0 unspecified atom stereocenters. The van der Waals surface area contributed by atoms with Crippen molar-refractivity contribution in [3.63, 3.8) is 0 Å². The quantitative estimate of drug-likeness (QED) is 0.560. The lowest BCUT2D eigenvalue weighted by Crippen LogP contribution is -2.05. The van der Waals surface area contributed by atoms with Crippen LogP contribution in [0, 0.1) is 0 Å². The second kappa shape index (κ2) is 6.39. The van der Waals surface area contributed by atoms with Crippen LogP contribution in [0.15, 0.2) is 46.9 Å². The number of rotatable bonds is 4. The first kappa shape index (κ1) is 14.9. The molecule has 5 heteroatoms. The minimum absolute atomic E-state index is 0.543. The van der Waals surface area contributed by atoms with E-state index >= 15 is 0 Å². The number of fused-ring (bicyclic) bond motifs is 1. The SMILES string of the molecule is ClCCc1nc2c(Cl)cccc2n1Cc1ccc(Br)cc1. The number of nitrogens with zero attached hydrogens (tertiary/aromatic N) is 2. The number of aryl methyl sites for hydroxylation is 1. The fourth-order valence-corrected chi connectivity index (χ4v) is 3.03. The van der Waals surface area contributed by atoms with Crippen LogP contribution >= 0.6 is 39.1 Å². The van der Waals surface area contributed by atoms with Gasteiger partial charge in [0.25, 0.3) is 0 Å². The van der Waals surface area contributed by atoms with Crippen molar-refractivity contribution >= 4 is 50.2 Å². The largest absolute Gasteiger partial charge is 0.323 e. The summed E-state index contributed by atoms with van der Waals surface area (Å²) in [6.07, 6.45) is 0.725. The van der Waals surface area contributed by atoms with Crippen molar-refractivity contribution in [2.75, 3.05) is 5.88 Å². The average Bonchev–Trinajstić information content (AvgIpc) is 2.82. The van der Waals surface area contributed by atoms with Gasteiger partial charge in [0.1, 0.15) is 11.3 Å². The zero-order chi connectivity index (χ0) is 14.8. The zero-order valence-electron chi connectivity index (χ0n) is 11.2. The van der Waals surface area contributed by atoms with Crippen LogP contribution in [0.25, 0.3) is 11.0 Å². The van der Waals surface area contributed by atoms with Crippen LogP contribution in [0.4, 0.5) is 0 Å². The Balaban J connectivity index is 2.08. The lowest BCUT2D eigenvalue weighted by molar-refractivity contribution is 0.754. The first-order valence-electron chi connectivity index (χ1n) is 6.63. The molecule has 0 spiro atoms. The highest BCUT2D eigenvalue weighted by atomic mass is 79.9. The minimum Gasteiger partial charge on any atom is -0.323 e. The second-order valence-corrected chi connectivity index (χ2v) is 6.49. The number of para-hydroxylation sites is 1. The van der Waals surface area contributed by atoms with Crippen molar-refractivity contribution in [1.29, 1.82) is 0 Å². The number of alkyl halides is 1. The Morgan fingerprint density at radius 2 is 1.86 bits per heavy atom. The predicted octanol–water partition coefficient (Wildman–Crippen LogP) is 5.28. The Kier molecular flexibility index (Phi) is 4.53. The number of benzene rings is 2. The molecule has 3 aromatic rings. The van der Waals surface area contributed by atoms with E-state index in [0.717, 1.165) is 34.3 Å².